The number of carbonyl (C=O) groups is 1. The van der Waals surface area contributed by atoms with Crippen LogP contribution in [-0.4, -0.2) is 30.3 Å². The van der Waals surface area contributed by atoms with E-state index in [2.05, 4.69) is 34.7 Å². The number of ketones is 1. The molecule has 0 bridgehead atoms. The Morgan fingerprint density at radius 3 is 2.24 bits per heavy atom. The highest BCUT2D eigenvalue weighted by Gasteiger charge is 2.31. The molecule has 1 aliphatic heterocycles. The molecule has 0 atom stereocenters. The van der Waals surface area contributed by atoms with Crippen LogP contribution < -0.4 is 0 Å². The summed E-state index contributed by atoms with van der Waals surface area (Å²) in [6.07, 6.45) is 5.77. The number of piperidine rings is 1. The Morgan fingerprint density at radius 2 is 1.71 bits per heavy atom. The molecule has 0 radical (unpaired) electrons. The highest BCUT2D eigenvalue weighted by molar-refractivity contribution is 9.10. The van der Waals surface area contributed by atoms with Gasteiger partial charge >= 0.3 is 0 Å². The molecule has 0 amide bonds. The molecule has 2 rings (SSSR count). The smallest absolute Gasteiger partial charge is 0.164 e. The van der Waals surface area contributed by atoms with Crippen LogP contribution in [0.4, 0.5) is 0 Å². The lowest BCUT2D eigenvalue weighted by Crippen LogP contribution is -2.40. The SMILES string of the molecule is CCC1(CC)CCN(CCC(=O)c2ccc(Br)cc2)CC1. The number of rotatable bonds is 6. The molecule has 1 saturated heterocycles. The van der Waals surface area contributed by atoms with Gasteiger partial charge in [-0.3, -0.25) is 4.79 Å². The van der Waals surface area contributed by atoms with Gasteiger partial charge in [-0.05, 0) is 43.5 Å². The van der Waals surface area contributed by atoms with Gasteiger partial charge in [0.15, 0.2) is 5.78 Å². The van der Waals surface area contributed by atoms with E-state index in [9.17, 15) is 4.79 Å². The quantitative estimate of drug-likeness (QED) is 0.677. The second-order valence-electron chi connectivity index (χ2n) is 6.23. The fourth-order valence-corrected chi connectivity index (χ4v) is 3.51. The summed E-state index contributed by atoms with van der Waals surface area (Å²) in [6.45, 7) is 7.83. The molecular formula is C18H26BrNO. The minimum Gasteiger partial charge on any atom is -0.303 e. The Balaban J connectivity index is 1.79. The summed E-state index contributed by atoms with van der Waals surface area (Å²) >= 11 is 3.40. The first-order chi connectivity index (χ1) is 10.1. The first kappa shape index (κ1) is 16.7. The van der Waals surface area contributed by atoms with E-state index in [0.717, 1.165) is 29.7 Å². The van der Waals surface area contributed by atoms with Crippen LogP contribution in [-0.2, 0) is 0 Å². The van der Waals surface area contributed by atoms with Gasteiger partial charge in [-0.2, -0.15) is 0 Å². The molecule has 0 aromatic heterocycles. The summed E-state index contributed by atoms with van der Waals surface area (Å²) in [7, 11) is 0. The van der Waals surface area contributed by atoms with E-state index in [1.807, 2.05) is 24.3 Å². The van der Waals surface area contributed by atoms with E-state index < -0.39 is 0 Å². The second-order valence-corrected chi connectivity index (χ2v) is 7.14. The van der Waals surface area contributed by atoms with Crippen LogP contribution >= 0.6 is 15.9 Å². The van der Waals surface area contributed by atoms with E-state index in [-0.39, 0.29) is 5.78 Å². The highest BCUT2D eigenvalue weighted by atomic mass is 79.9. The summed E-state index contributed by atoms with van der Waals surface area (Å²) in [4.78, 5) is 14.7. The number of nitrogens with zero attached hydrogens (tertiary/aromatic N) is 1. The molecule has 0 saturated carbocycles. The van der Waals surface area contributed by atoms with Crippen LogP contribution in [0.5, 0.6) is 0 Å². The van der Waals surface area contributed by atoms with Gasteiger partial charge in [0, 0.05) is 23.0 Å². The van der Waals surface area contributed by atoms with E-state index in [0.29, 0.717) is 11.8 Å². The fourth-order valence-electron chi connectivity index (χ4n) is 3.25. The summed E-state index contributed by atoms with van der Waals surface area (Å²) in [5.41, 5.74) is 1.39. The van der Waals surface area contributed by atoms with Crippen LogP contribution in [0.2, 0.25) is 0 Å². The molecule has 1 aromatic carbocycles. The first-order valence-corrected chi connectivity index (χ1v) is 8.89. The first-order valence-electron chi connectivity index (χ1n) is 8.10. The standard InChI is InChI=1S/C18H26BrNO/c1-3-18(4-2)10-13-20(14-11-18)12-9-17(21)15-5-7-16(19)8-6-15/h5-8H,3-4,9-14H2,1-2H3. The molecule has 1 aliphatic rings. The summed E-state index contributed by atoms with van der Waals surface area (Å²) < 4.78 is 1.02. The van der Waals surface area contributed by atoms with Gasteiger partial charge in [0.25, 0.3) is 0 Å². The van der Waals surface area contributed by atoms with Crippen molar-refractivity contribution in [2.45, 2.75) is 46.0 Å². The lowest BCUT2D eigenvalue weighted by atomic mass is 9.74. The number of halogens is 1. The van der Waals surface area contributed by atoms with Gasteiger partial charge in [-0.25, -0.2) is 0 Å². The topological polar surface area (TPSA) is 20.3 Å². The number of carbonyl (C=O) groups excluding carboxylic acids is 1. The molecule has 2 nitrogen and oxygen atoms in total. The van der Waals surface area contributed by atoms with Crippen molar-refractivity contribution in [2.24, 2.45) is 5.41 Å². The molecule has 0 unspecified atom stereocenters. The number of hydrogen-bond donors (Lipinski definition) is 0. The summed E-state index contributed by atoms with van der Waals surface area (Å²) in [5.74, 6) is 0.255. The normalized spacial score (nSPS) is 18.6. The molecule has 1 aromatic rings. The average molecular weight is 352 g/mol. The predicted molar refractivity (Wildman–Crippen MR) is 91.8 cm³/mol. The summed E-state index contributed by atoms with van der Waals surface area (Å²) in [6, 6.07) is 7.68. The van der Waals surface area contributed by atoms with Gasteiger partial charge in [0.2, 0.25) is 0 Å². The van der Waals surface area contributed by atoms with Crippen molar-refractivity contribution in [2.75, 3.05) is 19.6 Å². The zero-order valence-corrected chi connectivity index (χ0v) is 14.8. The Hall–Kier alpha value is -0.670. The zero-order chi connectivity index (χ0) is 15.3. The number of benzene rings is 1. The molecule has 3 heteroatoms. The van der Waals surface area contributed by atoms with Crippen molar-refractivity contribution in [3.05, 3.63) is 34.3 Å². The lowest BCUT2D eigenvalue weighted by Gasteiger charge is -2.41. The van der Waals surface area contributed by atoms with Gasteiger partial charge in [-0.15, -0.1) is 0 Å². The van der Waals surface area contributed by atoms with Crippen LogP contribution in [0.15, 0.2) is 28.7 Å². The maximum absolute atomic E-state index is 12.2. The molecule has 0 aliphatic carbocycles. The maximum atomic E-state index is 12.2. The van der Waals surface area contributed by atoms with Crippen molar-refractivity contribution >= 4 is 21.7 Å². The van der Waals surface area contributed by atoms with Crippen molar-refractivity contribution in [1.29, 1.82) is 0 Å². The largest absolute Gasteiger partial charge is 0.303 e. The van der Waals surface area contributed by atoms with Crippen molar-refractivity contribution in [3.63, 3.8) is 0 Å². The zero-order valence-electron chi connectivity index (χ0n) is 13.2. The molecular weight excluding hydrogens is 326 g/mol. The van der Waals surface area contributed by atoms with Gasteiger partial charge < -0.3 is 4.90 Å². The Morgan fingerprint density at radius 1 is 1.14 bits per heavy atom. The lowest BCUT2D eigenvalue weighted by molar-refractivity contribution is 0.0841. The Kier molecular flexibility index (Phi) is 6.00. The average Bonchev–Trinajstić information content (AvgIpc) is 2.54. The minimum atomic E-state index is 0.255. The number of Topliss-reactive ketones (excluding diaryl/α,β-unsaturated/α-hetero) is 1. The van der Waals surface area contributed by atoms with Gasteiger partial charge in [0.1, 0.15) is 0 Å². The molecule has 21 heavy (non-hydrogen) atoms. The van der Waals surface area contributed by atoms with Crippen LogP contribution in [0.3, 0.4) is 0 Å². The van der Waals surface area contributed by atoms with Gasteiger partial charge in [-0.1, -0.05) is 54.8 Å². The minimum absolute atomic E-state index is 0.255. The molecule has 0 spiro atoms. The Labute approximate surface area is 137 Å². The number of hydrogen-bond acceptors (Lipinski definition) is 2. The fraction of sp³-hybridized carbons (Fsp3) is 0.611. The molecule has 116 valence electrons. The molecule has 1 fully saturated rings. The third-order valence-corrected chi connectivity index (χ3v) is 5.77. The van der Waals surface area contributed by atoms with Crippen LogP contribution in [0.25, 0.3) is 0 Å². The third-order valence-electron chi connectivity index (χ3n) is 5.24. The third kappa shape index (κ3) is 4.40. The Bertz CT molecular complexity index is 455. The van der Waals surface area contributed by atoms with E-state index >= 15 is 0 Å². The van der Waals surface area contributed by atoms with Gasteiger partial charge in [0.05, 0.1) is 0 Å². The molecule has 0 N–H and O–H groups in total. The molecule has 1 heterocycles. The highest BCUT2D eigenvalue weighted by Crippen LogP contribution is 2.37. The van der Waals surface area contributed by atoms with E-state index in [1.54, 1.807) is 0 Å². The van der Waals surface area contributed by atoms with Crippen molar-refractivity contribution in [1.82, 2.24) is 4.90 Å². The predicted octanol–water partition coefficient (Wildman–Crippen LogP) is 4.92. The van der Waals surface area contributed by atoms with Crippen molar-refractivity contribution < 1.29 is 4.79 Å². The number of likely N-dealkylation sites (tertiary alicyclic amines) is 1. The second kappa shape index (κ2) is 7.55. The van der Waals surface area contributed by atoms with Crippen LogP contribution in [0, 0.1) is 5.41 Å². The maximum Gasteiger partial charge on any atom is 0.164 e. The van der Waals surface area contributed by atoms with Crippen molar-refractivity contribution in [3.8, 4) is 0 Å². The summed E-state index contributed by atoms with van der Waals surface area (Å²) in [5, 5.41) is 0. The monoisotopic (exact) mass is 351 g/mol. The van der Waals surface area contributed by atoms with E-state index in [1.165, 1.54) is 25.7 Å². The van der Waals surface area contributed by atoms with E-state index in [4.69, 9.17) is 0 Å². The van der Waals surface area contributed by atoms with Crippen LogP contribution in [0.1, 0.15) is 56.3 Å².